The second-order valence-corrected chi connectivity index (χ2v) is 5.88. The molecule has 20 heavy (non-hydrogen) atoms. The Morgan fingerprint density at radius 1 is 1.30 bits per heavy atom. The highest BCUT2D eigenvalue weighted by atomic mass is 19.3. The van der Waals surface area contributed by atoms with Crippen molar-refractivity contribution in [3.8, 4) is 0 Å². The quantitative estimate of drug-likeness (QED) is 0.871. The van der Waals surface area contributed by atoms with Crippen molar-refractivity contribution in [2.45, 2.75) is 46.0 Å². The summed E-state index contributed by atoms with van der Waals surface area (Å²) in [4.78, 5) is 10.3. The molecule has 1 aromatic rings. The van der Waals surface area contributed by atoms with Gasteiger partial charge in [0, 0.05) is 25.1 Å². The molecule has 0 atom stereocenters. The summed E-state index contributed by atoms with van der Waals surface area (Å²) in [5.74, 6) is 1.85. The summed E-state index contributed by atoms with van der Waals surface area (Å²) in [6, 6.07) is 1.72. The molecule has 0 aliphatic carbocycles. The molecule has 0 saturated heterocycles. The zero-order chi connectivity index (χ0) is 15.3. The number of anilines is 2. The van der Waals surface area contributed by atoms with Gasteiger partial charge in [-0.15, -0.1) is 0 Å². The Morgan fingerprint density at radius 2 is 1.95 bits per heavy atom. The summed E-state index contributed by atoms with van der Waals surface area (Å²) < 4.78 is 25.0. The van der Waals surface area contributed by atoms with Crippen molar-refractivity contribution in [2.75, 3.05) is 30.4 Å². The van der Waals surface area contributed by atoms with Crippen LogP contribution in [-0.4, -0.2) is 36.5 Å². The molecular formula is C14H24F2N4. The van der Waals surface area contributed by atoms with E-state index in [1.807, 2.05) is 20.8 Å². The van der Waals surface area contributed by atoms with Crippen LogP contribution in [-0.2, 0) is 5.41 Å². The monoisotopic (exact) mass is 286 g/mol. The summed E-state index contributed by atoms with van der Waals surface area (Å²) in [6.07, 6.45) is -1.42. The molecule has 114 valence electrons. The highest BCUT2D eigenvalue weighted by Crippen LogP contribution is 2.24. The lowest BCUT2D eigenvalue weighted by Gasteiger charge is -2.23. The van der Waals surface area contributed by atoms with Crippen LogP contribution in [0, 0.1) is 0 Å². The molecule has 0 aromatic carbocycles. The third-order valence-corrected chi connectivity index (χ3v) is 2.74. The van der Waals surface area contributed by atoms with Gasteiger partial charge in [0.15, 0.2) is 0 Å². The van der Waals surface area contributed by atoms with Crippen LogP contribution in [0.4, 0.5) is 20.4 Å². The molecule has 1 aromatic heterocycles. The number of nitrogens with zero attached hydrogens (tertiary/aromatic N) is 3. The first-order chi connectivity index (χ1) is 9.24. The molecule has 0 saturated carbocycles. The van der Waals surface area contributed by atoms with E-state index in [-0.39, 0.29) is 12.0 Å². The minimum Gasteiger partial charge on any atom is -0.370 e. The molecule has 1 rings (SSSR count). The smallest absolute Gasteiger partial charge is 0.255 e. The second kappa shape index (κ2) is 6.81. The summed E-state index contributed by atoms with van der Waals surface area (Å²) >= 11 is 0. The Labute approximate surface area is 119 Å². The van der Waals surface area contributed by atoms with Gasteiger partial charge in [-0.25, -0.2) is 18.7 Å². The average molecular weight is 286 g/mol. The maximum Gasteiger partial charge on any atom is 0.255 e. The Balaban J connectivity index is 3.09. The summed E-state index contributed by atoms with van der Waals surface area (Å²) in [5.41, 5.74) is -0.232. The van der Waals surface area contributed by atoms with Crippen LogP contribution in [0.3, 0.4) is 0 Å². The minimum atomic E-state index is -2.39. The van der Waals surface area contributed by atoms with Gasteiger partial charge in [0.05, 0.1) is 6.54 Å². The predicted octanol–water partition coefficient (Wildman–Crippen LogP) is 3.30. The van der Waals surface area contributed by atoms with Crippen LogP contribution in [0.2, 0.25) is 0 Å². The number of halogens is 2. The SMILES string of the molecule is CCCNc1cc(N(C)CC(F)F)nc(C(C)(C)C)n1. The van der Waals surface area contributed by atoms with Gasteiger partial charge in [-0.2, -0.15) is 0 Å². The lowest BCUT2D eigenvalue weighted by atomic mass is 9.96. The first-order valence-corrected chi connectivity index (χ1v) is 6.86. The van der Waals surface area contributed by atoms with Crippen molar-refractivity contribution >= 4 is 11.6 Å². The maximum atomic E-state index is 12.5. The third kappa shape index (κ3) is 4.90. The van der Waals surface area contributed by atoms with E-state index in [1.165, 1.54) is 4.90 Å². The molecule has 6 heteroatoms. The normalized spacial score (nSPS) is 11.8. The maximum absolute atomic E-state index is 12.5. The predicted molar refractivity (Wildman–Crippen MR) is 78.8 cm³/mol. The summed E-state index contributed by atoms with van der Waals surface area (Å²) in [7, 11) is 1.62. The fourth-order valence-electron chi connectivity index (χ4n) is 1.61. The minimum absolute atomic E-state index is 0.232. The van der Waals surface area contributed by atoms with Crippen molar-refractivity contribution in [3.63, 3.8) is 0 Å². The molecule has 0 radical (unpaired) electrons. The molecule has 4 nitrogen and oxygen atoms in total. The molecule has 1 N–H and O–H groups in total. The van der Waals surface area contributed by atoms with Gasteiger partial charge >= 0.3 is 0 Å². The average Bonchev–Trinajstić information content (AvgIpc) is 2.34. The Kier molecular flexibility index (Phi) is 5.65. The lowest BCUT2D eigenvalue weighted by molar-refractivity contribution is 0.156. The topological polar surface area (TPSA) is 41.0 Å². The van der Waals surface area contributed by atoms with E-state index in [0.29, 0.717) is 17.5 Å². The van der Waals surface area contributed by atoms with Gasteiger partial charge in [-0.3, -0.25) is 0 Å². The molecule has 1 heterocycles. The molecule has 0 amide bonds. The fourth-order valence-corrected chi connectivity index (χ4v) is 1.61. The van der Waals surface area contributed by atoms with Crippen LogP contribution >= 0.6 is 0 Å². The standard InChI is InChI=1S/C14H24F2N4/c1-6-7-17-11-8-12(20(5)9-10(15)16)19-13(18-11)14(2,3)4/h8,10H,6-7,9H2,1-5H3,(H,17,18,19). The van der Waals surface area contributed by atoms with Gasteiger partial charge in [0.2, 0.25) is 0 Å². The Bertz CT molecular complexity index is 430. The number of rotatable bonds is 6. The molecule has 0 fully saturated rings. The van der Waals surface area contributed by atoms with Gasteiger partial charge in [0.25, 0.3) is 6.43 Å². The molecule has 0 unspecified atom stereocenters. The zero-order valence-corrected chi connectivity index (χ0v) is 12.9. The van der Waals surface area contributed by atoms with Crippen molar-refractivity contribution in [3.05, 3.63) is 11.9 Å². The van der Waals surface area contributed by atoms with Crippen molar-refractivity contribution in [1.82, 2.24) is 9.97 Å². The van der Waals surface area contributed by atoms with E-state index in [0.717, 1.165) is 13.0 Å². The van der Waals surface area contributed by atoms with Crippen LogP contribution in [0.5, 0.6) is 0 Å². The Morgan fingerprint density at radius 3 is 2.45 bits per heavy atom. The zero-order valence-electron chi connectivity index (χ0n) is 12.9. The van der Waals surface area contributed by atoms with E-state index in [2.05, 4.69) is 22.2 Å². The number of alkyl halides is 2. The van der Waals surface area contributed by atoms with E-state index < -0.39 is 6.43 Å². The molecular weight excluding hydrogens is 262 g/mol. The van der Waals surface area contributed by atoms with E-state index in [4.69, 9.17) is 0 Å². The van der Waals surface area contributed by atoms with Gasteiger partial charge in [-0.1, -0.05) is 27.7 Å². The van der Waals surface area contributed by atoms with E-state index in [1.54, 1.807) is 13.1 Å². The second-order valence-electron chi connectivity index (χ2n) is 5.88. The van der Waals surface area contributed by atoms with Crippen LogP contribution in [0.15, 0.2) is 6.07 Å². The fraction of sp³-hybridized carbons (Fsp3) is 0.714. The van der Waals surface area contributed by atoms with E-state index >= 15 is 0 Å². The highest BCUT2D eigenvalue weighted by Gasteiger charge is 2.20. The first-order valence-electron chi connectivity index (χ1n) is 6.86. The Hall–Kier alpha value is -1.46. The van der Waals surface area contributed by atoms with Crippen LogP contribution in [0.1, 0.15) is 39.9 Å². The third-order valence-electron chi connectivity index (χ3n) is 2.74. The molecule has 0 bridgehead atoms. The number of nitrogens with one attached hydrogen (secondary N) is 1. The highest BCUT2D eigenvalue weighted by molar-refractivity contribution is 5.49. The number of hydrogen-bond acceptors (Lipinski definition) is 4. The van der Waals surface area contributed by atoms with Gasteiger partial charge in [0.1, 0.15) is 17.5 Å². The first kappa shape index (κ1) is 16.6. The van der Waals surface area contributed by atoms with Crippen molar-refractivity contribution < 1.29 is 8.78 Å². The van der Waals surface area contributed by atoms with Gasteiger partial charge in [-0.05, 0) is 6.42 Å². The van der Waals surface area contributed by atoms with Crippen molar-refractivity contribution in [1.29, 1.82) is 0 Å². The molecule has 0 aliphatic rings. The summed E-state index contributed by atoms with van der Waals surface area (Å²) in [6.45, 7) is 8.52. The molecule has 0 spiro atoms. The number of aromatic nitrogens is 2. The summed E-state index contributed by atoms with van der Waals surface area (Å²) in [5, 5.41) is 3.19. The largest absolute Gasteiger partial charge is 0.370 e. The van der Waals surface area contributed by atoms with Gasteiger partial charge < -0.3 is 10.2 Å². The van der Waals surface area contributed by atoms with Crippen molar-refractivity contribution in [2.24, 2.45) is 0 Å². The number of hydrogen-bond donors (Lipinski definition) is 1. The van der Waals surface area contributed by atoms with E-state index in [9.17, 15) is 8.78 Å². The van der Waals surface area contributed by atoms with Crippen LogP contribution in [0.25, 0.3) is 0 Å². The molecule has 0 aliphatic heterocycles. The van der Waals surface area contributed by atoms with Crippen LogP contribution < -0.4 is 10.2 Å². The lowest BCUT2D eigenvalue weighted by Crippen LogP contribution is -2.27.